The van der Waals surface area contributed by atoms with E-state index < -0.39 is 5.97 Å². The molecular formula is C13H14N2O4S. The van der Waals surface area contributed by atoms with Gasteiger partial charge in [0.2, 0.25) is 0 Å². The van der Waals surface area contributed by atoms with Crippen LogP contribution >= 0.6 is 11.3 Å². The highest BCUT2D eigenvalue weighted by Crippen LogP contribution is 2.11. The SMILES string of the molecule is CCOC(=O)c1csc(CNC(=O)c2ccc(C)o2)n1. The zero-order chi connectivity index (χ0) is 14.5. The van der Waals surface area contributed by atoms with Crippen LogP contribution in [-0.2, 0) is 11.3 Å². The fourth-order valence-electron chi connectivity index (χ4n) is 1.49. The molecule has 0 aliphatic carbocycles. The van der Waals surface area contributed by atoms with Gasteiger partial charge < -0.3 is 14.5 Å². The average Bonchev–Trinajstić information content (AvgIpc) is 3.05. The van der Waals surface area contributed by atoms with E-state index in [4.69, 9.17) is 9.15 Å². The number of ether oxygens (including phenoxy) is 1. The standard InChI is InChI=1S/C13H14N2O4S/c1-3-18-13(17)9-7-20-11(15-9)6-14-12(16)10-5-4-8(2)19-10/h4-5,7H,3,6H2,1-2H3,(H,14,16). The van der Waals surface area contributed by atoms with Crippen LogP contribution in [0.4, 0.5) is 0 Å². The second-order valence-electron chi connectivity index (χ2n) is 3.94. The number of furan rings is 1. The molecule has 6 nitrogen and oxygen atoms in total. The number of rotatable bonds is 5. The van der Waals surface area contributed by atoms with Gasteiger partial charge in [0.15, 0.2) is 11.5 Å². The highest BCUT2D eigenvalue weighted by molar-refractivity contribution is 7.09. The molecule has 7 heteroatoms. The van der Waals surface area contributed by atoms with Crippen molar-refractivity contribution in [3.05, 3.63) is 39.7 Å². The molecule has 1 amide bonds. The first-order valence-electron chi connectivity index (χ1n) is 6.06. The molecule has 0 aliphatic heterocycles. The normalized spacial score (nSPS) is 10.3. The number of nitrogens with zero attached hydrogens (tertiary/aromatic N) is 1. The Kier molecular flexibility index (Phi) is 4.52. The summed E-state index contributed by atoms with van der Waals surface area (Å²) >= 11 is 1.29. The van der Waals surface area contributed by atoms with Gasteiger partial charge in [-0.15, -0.1) is 11.3 Å². The Morgan fingerprint density at radius 1 is 1.45 bits per heavy atom. The number of carbonyl (C=O) groups excluding carboxylic acids is 2. The van der Waals surface area contributed by atoms with Gasteiger partial charge in [0.05, 0.1) is 13.2 Å². The largest absolute Gasteiger partial charge is 0.461 e. The lowest BCUT2D eigenvalue weighted by atomic mass is 10.4. The summed E-state index contributed by atoms with van der Waals surface area (Å²) in [4.78, 5) is 27.3. The third-order valence-corrected chi connectivity index (χ3v) is 3.25. The van der Waals surface area contributed by atoms with Crippen LogP contribution in [0.15, 0.2) is 21.9 Å². The van der Waals surface area contributed by atoms with Crippen molar-refractivity contribution in [2.75, 3.05) is 6.61 Å². The molecule has 0 bridgehead atoms. The number of nitrogens with one attached hydrogen (secondary N) is 1. The zero-order valence-corrected chi connectivity index (χ0v) is 12.0. The number of hydrogen-bond acceptors (Lipinski definition) is 6. The minimum atomic E-state index is -0.456. The van der Waals surface area contributed by atoms with Gasteiger partial charge in [-0.05, 0) is 26.0 Å². The van der Waals surface area contributed by atoms with Crippen LogP contribution in [0.1, 0.15) is 38.7 Å². The van der Waals surface area contributed by atoms with E-state index in [9.17, 15) is 9.59 Å². The Morgan fingerprint density at radius 3 is 2.90 bits per heavy atom. The lowest BCUT2D eigenvalue weighted by Crippen LogP contribution is -2.22. The van der Waals surface area contributed by atoms with E-state index in [-0.39, 0.29) is 23.9 Å². The summed E-state index contributed by atoms with van der Waals surface area (Å²) in [5.74, 6) is 0.160. The van der Waals surface area contributed by atoms with Crippen LogP contribution in [0.2, 0.25) is 0 Å². The zero-order valence-electron chi connectivity index (χ0n) is 11.1. The average molecular weight is 294 g/mol. The summed E-state index contributed by atoms with van der Waals surface area (Å²) in [7, 11) is 0. The Labute approximate surface area is 119 Å². The molecular weight excluding hydrogens is 280 g/mol. The molecule has 2 aromatic rings. The summed E-state index contributed by atoms with van der Waals surface area (Å²) in [5.41, 5.74) is 0.259. The van der Waals surface area contributed by atoms with Crippen molar-refractivity contribution in [1.82, 2.24) is 10.3 Å². The second-order valence-corrected chi connectivity index (χ2v) is 4.88. The van der Waals surface area contributed by atoms with Gasteiger partial charge in [-0.3, -0.25) is 4.79 Å². The number of esters is 1. The molecule has 0 spiro atoms. The van der Waals surface area contributed by atoms with Crippen LogP contribution < -0.4 is 5.32 Å². The molecule has 0 fully saturated rings. The Bertz CT molecular complexity index is 617. The first-order chi connectivity index (χ1) is 9.60. The lowest BCUT2D eigenvalue weighted by molar-refractivity contribution is 0.0520. The summed E-state index contributed by atoms with van der Waals surface area (Å²) in [6.07, 6.45) is 0. The van der Waals surface area contributed by atoms with E-state index in [0.29, 0.717) is 17.4 Å². The predicted molar refractivity (Wildman–Crippen MR) is 72.7 cm³/mol. The molecule has 20 heavy (non-hydrogen) atoms. The monoisotopic (exact) mass is 294 g/mol. The van der Waals surface area contributed by atoms with E-state index in [1.807, 2.05) is 0 Å². The van der Waals surface area contributed by atoms with Crippen LogP contribution in [0.5, 0.6) is 0 Å². The molecule has 0 radical (unpaired) electrons. The fraction of sp³-hybridized carbons (Fsp3) is 0.308. The molecule has 1 N–H and O–H groups in total. The highest BCUT2D eigenvalue weighted by atomic mass is 32.1. The molecule has 106 valence electrons. The molecule has 0 saturated heterocycles. The Hall–Kier alpha value is -2.15. The summed E-state index contributed by atoms with van der Waals surface area (Å²) in [5, 5.41) is 4.91. The molecule has 0 atom stereocenters. The first-order valence-corrected chi connectivity index (χ1v) is 6.94. The van der Waals surface area contributed by atoms with Crippen molar-refractivity contribution >= 4 is 23.2 Å². The summed E-state index contributed by atoms with van der Waals surface area (Å²) in [6.45, 7) is 4.04. The topological polar surface area (TPSA) is 81.4 Å². The maximum atomic E-state index is 11.8. The van der Waals surface area contributed by atoms with E-state index in [0.717, 1.165) is 0 Å². The van der Waals surface area contributed by atoms with Gasteiger partial charge in [0.1, 0.15) is 10.8 Å². The lowest BCUT2D eigenvalue weighted by Gasteiger charge is -2.00. The van der Waals surface area contributed by atoms with Crippen molar-refractivity contribution in [2.24, 2.45) is 0 Å². The molecule has 0 aliphatic rings. The summed E-state index contributed by atoms with van der Waals surface area (Å²) in [6, 6.07) is 3.33. The highest BCUT2D eigenvalue weighted by Gasteiger charge is 2.13. The van der Waals surface area contributed by atoms with Gasteiger partial charge in [-0.25, -0.2) is 9.78 Å². The van der Waals surface area contributed by atoms with Gasteiger partial charge in [-0.1, -0.05) is 0 Å². The van der Waals surface area contributed by atoms with Gasteiger partial charge >= 0.3 is 5.97 Å². The quantitative estimate of drug-likeness (QED) is 0.854. The molecule has 0 unspecified atom stereocenters. The van der Waals surface area contributed by atoms with Gasteiger partial charge in [0.25, 0.3) is 5.91 Å². The third kappa shape index (κ3) is 3.45. The Morgan fingerprint density at radius 2 is 2.25 bits per heavy atom. The molecule has 2 aromatic heterocycles. The number of aromatic nitrogens is 1. The number of thiazole rings is 1. The minimum Gasteiger partial charge on any atom is -0.461 e. The third-order valence-electron chi connectivity index (χ3n) is 2.40. The predicted octanol–water partition coefficient (Wildman–Crippen LogP) is 2.15. The smallest absolute Gasteiger partial charge is 0.357 e. The molecule has 2 heterocycles. The van der Waals surface area contributed by atoms with Crippen molar-refractivity contribution in [3.8, 4) is 0 Å². The maximum absolute atomic E-state index is 11.8. The van der Waals surface area contributed by atoms with Gasteiger partial charge in [0, 0.05) is 5.38 Å². The fourth-order valence-corrected chi connectivity index (χ4v) is 2.19. The summed E-state index contributed by atoms with van der Waals surface area (Å²) < 4.78 is 10.0. The van der Waals surface area contributed by atoms with Crippen molar-refractivity contribution < 1.29 is 18.7 Å². The van der Waals surface area contributed by atoms with Crippen molar-refractivity contribution in [3.63, 3.8) is 0 Å². The maximum Gasteiger partial charge on any atom is 0.357 e. The van der Waals surface area contributed by atoms with Crippen molar-refractivity contribution in [2.45, 2.75) is 20.4 Å². The number of aryl methyl sites for hydroxylation is 1. The second kappa shape index (κ2) is 6.33. The van der Waals surface area contributed by atoms with E-state index in [1.165, 1.54) is 11.3 Å². The molecule has 0 saturated carbocycles. The minimum absolute atomic E-state index is 0.239. The number of hydrogen-bond donors (Lipinski definition) is 1. The van der Waals surface area contributed by atoms with E-state index in [2.05, 4.69) is 10.3 Å². The van der Waals surface area contributed by atoms with Crippen LogP contribution in [0, 0.1) is 6.92 Å². The number of carbonyl (C=O) groups is 2. The molecule has 0 aromatic carbocycles. The first kappa shape index (κ1) is 14.3. The van der Waals surface area contributed by atoms with Gasteiger partial charge in [-0.2, -0.15) is 0 Å². The molecule has 2 rings (SSSR count). The van der Waals surface area contributed by atoms with E-state index >= 15 is 0 Å². The Balaban J connectivity index is 1.91. The number of amides is 1. The van der Waals surface area contributed by atoms with Crippen LogP contribution in [-0.4, -0.2) is 23.5 Å². The van der Waals surface area contributed by atoms with Crippen molar-refractivity contribution in [1.29, 1.82) is 0 Å². The van der Waals surface area contributed by atoms with Crippen LogP contribution in [0.3, 0.4) is 0 Å². The van der Waals surface area contributed by atoms with Crippen LogP contribution in [0.25, 0.3) is 0 Å². The van der Waals surface area contributed by atoms with E-state index in [1.54, 1.807) is 31.4 Å².